The van der Waals surface area contributed by atoms with E-state index in [1.54, 1.807) is 18.2 Å². The first-order chi connectivity index (χ1) is 12.9. The quantitative estimate of drug-likeness (QED) is 0.689. The molecule has 1 unspecified atom stereocenters. The number of para-hydroxylation sites is 1. The molecule has 2 aromatic carbocycles. The second kappa shape index (κ2) is 8.16. The van der Waals surface area contributed by atoms with Gasteiger partial charge in [-0.05, 0) is 47.1 Å². The fourth-order valence-corrected chi connectivity index (χ4v) is 3.24. The number of amides is 1. The van der Waals surface area contributed by atoms with Crippen LogP contribution in [0.5, 0.6) is 0 Å². The molecule has 5 heteroatoms. The second-order valence-electron chi connectivity index (χ2n) is 7.09. The molecule has 0 aliphatic carbocycles. The highest BCUT2D eigenvalue weighted by molar-refractivity contribution is 5.79. The fourth-order valence-electron chi connectivity index (χ4n) is 3.24. The summed E-state index contributed by atoms with van der Waals surface area (Å²) in [5.74, 6) is -0.211. The normalized spacial score (nSPS) is 12.3. The first-order valence-corrected chi connectivity index (χ1v) is 9.07. The zero-order valence-electron chi connectivity index (χ0n) is 15.5. The van der Waals surface area contributed by atoms with Crippen molar-refractivity contribution < 1.29 is 9.18 Å². The van der Waals surface area contributed by atoms with Crippen molar-refractivity contribution >= 4 is 16.8 Å². The number of halogens is 1. The van der Waals surface area contributed by atoms with Crippen molar-refractivity contribution in [2.24, 2.45) is 5.92 Å². The molecule has 1 heterocycles. The predicted octanol–water partition coefficient (Wildman–Crippen LogP) is 4.11. The molecule has 0 fully saturated rings. The molecule has 2 N–H and O–H groups in total. The van der Waals surface area contributed by atoms with Gasteiger partial charge in [0.2, 0.25) is 5.91 Å². The van der Waals surface area contributed by atoms with Crippen molar-refractivity contribution in [3.05, 3.63) is 81.9 Å². The highest BCUT2D eigenvalue weighted by Crippen LogP contribution is 2.28. The lowest BCUT2D eigenvalue weighted by molar-refractivity contribution is -0.121. The SMILES string of the molecule is CC(C)C(CC(=O)NCc1cc2ccccc2[nH]c1=O)c1ccc(F)cc1. The van der Waals surface area contributed by atoms with Gasteiger partial charge in [0, 0.05) is 24.0 Å². The van der Waals surface area contributed by atoms with Crippen LogP contribution in [0.4, 0.5) is 4.39 Å². The van der Waals surface area contributed by atoms with Gasteiger partial charge < -0.3 is 10.3 Å². The van der Waals surface area contributed by atoms with Gasteiger partial charge in [0.1, 0.15) is 5.82 Å². The third-order valence-corrected chi connectivity index (χ3v) is 4.81. The average Bonchev–Trinajstić information content (AvgIpc) is 2.65. The van der Waals surface area contributed by atoms with E-state index in [4.69, 9.17) is 0 Å². The first-order valence-electron chi connectivity index (χ1n) is 9.07. The van der Waals surface area contributed by atoms with Gasteiger partial charge in [-0.2, -0.15) is 0 Å². The van der Waals surface area contributed by atoms with Crippen molar-refractivity contribution in [3.63, 3.8) is 0 Å². The van der Waals surface area contributed by atoms with Crippen molar-refractivity contribution in [1.29, 1.82) is 0 Å². The Kier molecular flexibility index (Phi) is 5.69. The van der Waals surface area contributed by atoms with Crippen molar-refractivity contribution in [2.45, 2.75) is 32.7 Å². The molecule has 27 heavy (non-hydrogen) atoms. The third kappa shape index (κ3) is 4.61. The van der Waals surface area contributed by atoms with Crippen LogP contribution in [0.1, 0.15) is 37.3 Å². The average molecular weight is 366 g/mol. The molecule has 140 valence electrons. The van der Waals surface area contributed by atoms with Gasteiger partial charge in [-0.25, -0.2) is 4.39 Å². The van der Waals surface area contributed by atoms with Crippen LogP contribution in [0.15, 0.2) is 59.4 Å². The summed E-state index contributed by atoms with van der Waals surface area (Å²) in [7, 11) is 0. The summed E-state index contributed by atoms with van der Waals surface area (Å²) in [5, 5.41) is 3.76. The van der Waals surface area contributed by atoms with Gasteiger partial charge in [0.15, 0.2) is 0 Å². The van der Waals surface area contributed by atoms with Gasteiger partial charge in [0.25, 0.3) is 5.56 Å². The topological polar surface area (TPSA) is 62.0 Å². The van der Waals surface area contributed by atoms with Gasteiger partial charge in [-0.1, -0.05) is 44.2 Å². The number of fused-ring (bicyclic) bond motifs is 1. The van der Waals surface area contributed by atoms with E-state index in [9.17, 15) is 14.0 Å². The largest absolute Gasteiger partial charge is 0.352 e. The molecule has 3 aromatic rings. The van der Waals surface area contributed by atoms with Crippen molar-refractivity contribution in [1.82, 2.24) is 10.3 Å². The maximum Gasteiger partial charge on any atom is 0.253 e. The molecule has 4 nitrogen and oxygen atoms in total. The van der Waals surface area contributed by atoms with E-state index in [0.717, 1.165) is 16.5 Å². The zero-order valence-corrected chi connectivity index (χ0v) is 15.5. The van der Waals surface area contributed by atoms with Crippen LogP contribution in [-0.4, -0.2) is 10.9 Å². The Balaban J connectivity index is 1.69. The molecule has 0 saturated heterocycles. The van der Waals surface area contributed by atoms with E-state index < -0.39 is 0 Å². The molecule has 0 aliphatic rings. The standard InChI is InChI=1S/C22H23FN2O2/c1-14(2)19(15-7-9-18(23)10-8-15)12-21(26)24-13-17-11-16-5-3-4-6-20(16)25-22(17)27/h3-11,14,19H,12-13H2,1-2H3,(H,24,26)(H,25,27). The summed E-state index contributed by atoms with van der Waals surface area (Å²) >= 11 is 0. The minimum Gasteiger partial charge on any atom is -0.352 e. The summed E-state index contributed by atoms with van der Waals surface area (Å²) in [4.78, 5) is 27.5. The maximum absolute atomic E-state index is 13.2. The number of aromatic amines is 1. The molecule has 0 aliphatic heterocycles. The number of H-pyrrole nitrogens is 1. The van der Waals surface area contributed by atoms with E-state index in [-0.39, 0.29) is 42.1 Å². The van der Waals surface area contributed by atoms with Gasteiger partial charge in [-0.15, -0.1) is 0 Å². The molecule has 1 amide bonds. The lowest BCUT2D eigenvalue weighted by atomic mass is 9.85. The van der Waals surface area contributed by atoms with Crippen LogP contribution in [0.25, 0.3) is 10.9 Å². The van der Waals surface area contributed by atoms with E-state index in [0.29, 0.717) is 5.56 Å². The lowest BCUT2D eigenvalue weighted by Crippen LogP contribution is -2.28. The van der Waals surface area contributed by atoms with Gasteiger partial charge in [0.05, 0.1) is 0 Å². The second-order valence-corrected chi connectivity index (χ2v) is 7.09. The number of carbonyl (C=O) groups is 1. The Morgan fingerprint density at radius 2 is 1.81 bits per heavy atom. The Bertz CT molecular complexity index is 993. The summed E-state index contributed by atoms with van der Waals surface area (Å²) < 4.78 is 13.2. The van der Waals surface area contributed by atoms with Gasteiger partial charge >= 0.3 is 0 Å². The highest BCUT2D eigenvalue weighted by atomic mass is 19.1. The number of rotatable bonds is 6. The number of aromatic nitrogens is 1. The van der Waals surface area contributed by atoms with Gasteiger partial charge in [-0.3, -0.25) is 9.59 Å². The van der Waals surface area contributed by atoms with E-state index in [1.807, 2.05) is 38.1 Å². The molecule has 1 aromatic heterocycles. The monoisotopic (exact) mass is 366 g/mol. The number of hydrogen-bond acceptors (Lipinski definition) is 2. The molecule has 0 bridgehead atoms. The number of nitrogens with one attached hydrogen (secondary N) is 2. The zero-order chi connectivity index (χ0) is 19.4. The Hall–Kier alpha value is -2.95. The number of carbonyl (C=O) groups excluding carboxylic acids is 1. The number of pyridine rings is 1. The third-order valence-electron chi connectivity index (χ3n) is 4.81. The summed E-state index contributed by atoms with van der Waals surface area (Å²) in [6, 6.07) is 15.6. The summed E-state index contributed by atoms with van der Waals surface area (Å²) in [6.45, 7) is 4.25. The minimum atomic E-state index is -0.291. The van der Waals surface area contributed by atoms with Crippen molar-refractivity contribution in [2.75, 3.05) is 0 Å². The smallest absolute Gasteiger partial charge is 0.253 e. The number of hydrogen-bond donors (Lipinski definition) is 2. The Morgan fingerprint density at radius 1 is 1.11 bits per heavy atom. The van der Waals surface area contributed by atoms with E-state index in [1.165, 1.54) is 12.1 Å². The molecule has 0 saturated carbocycles. The van der Waals surface area contributed by atoms with Crippen LogP contribution in [0.3, 0.4) is 0 Å². The number of benzene rings is 2. The Labute approximate surface area is 157 Å². The molecule has 0 spiro atoms. The first kappa shape index (κ1) is 18.8. The van der Waals surface area contributed by atoms with Crippen LogP contribution in [0.2, 0.25) is 0 Å². The van der Waals surface area contributed by atoms with Crippen LogP contribution in [0, 0.1) is 11.7 Å². The van der Waals surface area contributed by atoms with Crippen LogP contribution in [-0.2, 0) is 11.3 Å². The predicted molar refractivity (Wildman–Crippen MR) is 105 cm³/mol. The summed E-state index contributed by atoms with van der Waals surface area (Å²) in [5.41, 5.74) is 2.02. The molecule has 0 radical (unpaired) electrons. The molecule has 3 rings (SSSR count). The Morgan fingerprint density at radius 3 is 2.52 bits per heavy atom. The summed E-state index contributed by atoms with van der Waals surface area (Å²) in [6.07, 6.45) is 0.286. The maximum atomic E-state index is 13.2. The lowest BCUT2D eigenvalue weighted by Gasteiger charge is -2.21. The highest BCUT2D eigenvalue weighted by Gasteiger charge is 2.20. The van der Waals surface area contributed by atoms with Crippen LogP contribution < -0.4 is 10.9 Å². The fraction of sp³-hybridized carbons (Fsp3) is 0.273. The van der Waals surface area contributed by atoms with Crippen molar-refractivity contribution in [3.8, 4) is 0 Å². The van der Waals surface area contributed by atoms with Crippen LogP contribution >= 0.6 is 0 Å². The van der Waals surface area contributed by atoms with E-state index in [2.05, 4.69) is 10.3 Å². The minimum absolute atomic E-state index is 0.0134. The molecule has 1 atom stereocenters. The molecular weight excluding hydrogens is 343 g/mol. The van der Waals surface area contributed by atoms with E-state index >= 15 is 0 Å². The molecular formula is C22H23FN2O2.